The number of pyridine rings is 1. The molecule has 9 heteroatoms. The topological polar surface area (TPSA) is 75.5 Å². The Morgan fingerprint density at radius 2 is 1.95 bits per heavy atom. The van der Waals surface area contributed by atoms with Crippen molar-refractivity contribution in [1.82, 2.24) is 29.7 Å². The van der Waals surface area contributed by atoms with Crippen LogP contribution in [0.4, 0.5) is 4.79 Å². The molecule has 0 bridgehead atoms. The monoisotopic (exact) mass is 534 g/mol. The fourth-order valence-corrected chi connectivity index (χ4v) is 5.56. The Morgan fingerprint density at radius 3 is 2.61 bits per heavy atom. The molecule has 0 unspecified atom stereocenters. The third-order valence-corrected chi connectivity index (χ3v) is 7.39. The zero-order valence-corrected chi connectivity index (χ0v) is 23.4. The van der Waals surface area contributed by atoms with Crippen molar-refractivity contribution in [3.05, 3.63) is 82.2 Å². The van der Waals surface area contributed by atoms with E-state index in [1.54, 1.807) is 13.4 Å². The van der Waals surface area contributed by atoms with Crippen LogP contribution in [-0.4, -0.2) is 69.2 Å². The predicted octanol–water partition coefficient (Wildman–Crippen LogP) is 4.93. The highest BCUT2D eigenvalue weighted by molar-refractivity contribution is 6.30. The van der Waals surface area contributed by atoms with Crippen LogP contribution in [0.2, 0.25) is 5.02 Å². The molecule has 1 N–H and O–H groups in total. The van der Waals surface area contributed by atoms with E-state index < -0.39 is 0 Å². The summed E-state index contributed by atoms with van der Waals surface area (Å²) in [7, 11) is 3.69. The molecule has 5 rings (SSSR count). The molecule has 0 saturated carbocycles. The van der Waals surface area contributed by atoms with Gasteiger partial charge in [-0.15, -0.1) is 0 Å². The number of fused-ring (bicyclic) bond motifs is 2. The van der Waals surface area contributed by atoms with Gasteiger partial charge in [0, 0.05) is 57.1 Å². The van der Waals surface area contributed by atoms with Gasteiger partial charge in [-0.25, -0.2) is 9.78 Å². The molecule has 1 saturated heterocycles. The summed E-state index contributed by atoms with van der Waals surface area (Å²) in [5, 5.41) is 3.75. The zero-order chi connectivity index (χ0) is 27.0. The van der Waals surface area contributed by atoms with Gasteiger partial charge in [-0.1, -0.05) is 23.7 Å². The number of imidazole rings is 1. The number of aromatic nitrogens is 3. The summed E-state index contributed by atoms with van der Waals surface area (Å²) in [6.45, 7) is 8.73. The molecule has 38 heavy (non-hydrogen) atoms. The average Bonchev–Trinajstić information content (AvgIpc) is 3.24. The van der Waals surface area contributed by atoms with Crippen LogP contribution < -0.4 is 5.32 Å². The van der Waals surface area contributed by atoms with Crippen LogP contribution in [0.1, 0.15) is 61.0 Å². The molecule has 1 aromatic carbocycles. The number of hydrogen-bond donors (Lipinski definition) is 1. The molecule has 2 aliphatic rings. The van der Waals surface area contributed by atoms with Gasteiger partial charge in [0.1, 0.15) is 6.10 Å². The van der Waals surface area contributed by atoms with Gasteiger partial charge < -0.3 is 19.5 Å². The molecule has 0 spiro atoms. The first-order chi connectivity index (χ1) is 18.2. The van der Waals surface area contributed by atoms with Crippen molar-refractivity contribution >= 4 is 29.3 Å². The number of carbonyl (C=O) groups is 1. The molecular formula is C29H35ClN6O2. The fourth-order valence-electron chi connectivity index (χ4n) is 5.39. The number of halogens is 1. The van der Waals surface area contributed by atoms with E-state index in [9.17, 15) is 4.79 Å². The van der Waals surface area contributed by atoms with E-state index in [-0.39, 0.29) is 23.7 Å². The van der Waals surface area contributed by atoms with E-state index >= 15 is 0 Å². The number of amides is 2. The summed E-state index contributed by atoms with van der Waals surface area (Å²) >= 11 is 6.58. The Kier molecular flexibility index (Phi) is 7.31. The number of aryl methyl sites for hydroxylation is 1. The van der Waals surface area contributed by atoms with E-state index in [0.29, 0.717) is 18.1 Å². The summed E-state index contributed by atoms with van der Waals surface area (Å²) in [6.07, 6.45) is 7.30. The quantitative estimate of drug-likeness (QED) is 0.514. The SMILES string of the molecule is CO[C@@H](C1=Cc2cccnc2[C@@H](N2CCN(C(=O)NC(C)(C)C)CC2)c2ccc(Cl)cc21)c1cncn1C. The second-order valence-corrected chi connectivity index (χ2v) is 11.4. The highest BCUT2D eigenvalue weighted by Gasteiger charge is 2.36. The van der Waals surface area contributed by atoms with Gasteiger partial charge in [-0.3, -0.25) is 9.88 Å². The standard InChI is InChI=1S/C29H35ClN6O2/c1-29(2,3)33-28(37)36-13-11-35(12-14-36)26-21-9-8-20(30)16-22(21)23(15-19-7-6-10-32-25(19)26)27(38-5)24-17-31-18-34(24)4/h6-10,15-18,26-27H,11-14H2,1-5H3,(H,33,37)/t26-,27-/m0/s1. The largest absolute Gasteiger partial charge is 0.370 e. The molecule has 1 aliphatic heterocycles. The van der Waals surface area contributed by atoms with Gasteiger partial charge in [0.2, 0.25) is 0 Å². The number of piperazine rings is 1. The summed E-state index contributed by atoms with van der Waals surface area (Å²) in [6, 6.07) is 10.0. The number of rotatable bonds is 4. The van der Waals surface area contributed by atoms with Crippen molar-refractivity contribution < 1.29 is 9.53 Å². The number of ether oxygens (including phenoxy) is 1. The van der Waals surface area contributed by atoms with Crippen molar-refractivity contribution in [1.29, 1.82) is 0 Å². The van der Waals surface area contributed by atoms with Crippen molar-refractivity contribution in [3.63, 3.8) is 0 Å². The Balaban J connectivity index is 1.55. The minimum absolute atomic E-state index is 0.0215. The number of carbonyl (C=O) groups excluding carboxylic acids is 1. The molecule has 1 fully saturated rings. The third kappa shape index (κ3) is 5.21. The second-order valence-electron chi connectivity index (χ2n) is 11.0. The maximum absolute atomic E-state index is 12.8. The summed E-state index contributed by atoms with van der Waals surface area (Å²) in [4.78, 5) is 26.4. The molecule has 3 heterocycles. The molecule has 200 valence electrons. The molecule has 8 nitrogen and oxygen atoms in total. The summed E-state index contributed by atoms with van der Waals surface area (Å²) in [5.74, 6) is 0. The molecular weight excluding hydrogens is 500 g/mol. The van der Waals surface area contributed by atoms with Crippen LogP contribution in [0.25, 0.3) is 11.6 Å². The van der Waals surface area contributed by atoms with Crippen LogP contribution in [0.15, 0.2) is 49.1 Å². The molecule has 2 amide bonds. The molecule has 0 radical (unpaired) electrons. The van der Waals surface area contributed by atoms with E-state index in [1.165, 1.54) is 0 Å². The lowest BCUT2D eigenvalue weighted by atomic mass is 9.91. The zero-order valence-electron chi connectivity index (χ0n) is 22.6. The second kappa shape index (κ2) is 10.5. The lowest BCUT2D eigenvalue weighted by Crippen LogP contribution is -2.55. The van der Waals surface area contributed by atoms with E-state index in [2.05, 4.69) is 33.4 Å². The number of methoxy groups -OCH3 is 1. The van der Waals surface area contributed by atoms with Crippen molar-refractivity contribution in [2.75, 3.05) is 33.3 Å². The number of nitrogens with one attached hydrogen (secondary N) is 1. The number of benzene rings is 1. The minimum Gasteiger partial charge on any atom is -0.370 e. The summed E-state index contributed by atoms with van der Waals surface area (Å²) in [5.41, 5.74) is 5.86. The fraction of sp³-hybridized carbons (Fsp3) is 0.414. The Bertz CT molecular complexity index is 1350. The van der Waals surface area contributed by atoms with Gasteiger partial charge in [0.05, 0.1) is 30.0 Å². The van der Waals surface area contributed by atoms with Crippen molar-refractivity contribution in [2.24, 2.45) is 7.05 Å². The normalized spacial score (nSPS) is 18.7. The third-order valence-electron chi connectivity index (χ3n) is 7.15. The van der Waals surface area contributed by atoms with Gasteiger partial charge in [-0.2, -0.15) is 0 Å². The van der Waals surface area contributed by atoms with Gasteiger partial charge >= 0.3 is 6.03 Å². The minimum atomic E-state index is -0.343. The van der Waals surface area contributed by atoms with Crippen molar-refractivity contribution in [2.45, 2.75) is 38.5 Å². The van der Waals surface area contributed by atoms with E-state index in [1.807, 2.05) is 67.9 Å². The number of urea groups is 1. The first-order valence-electron chi connectivity index (χ1n) is 12.9. The molecule has 3 aromatic rings. The van der Waals surface area contributed by atoms with Gasteiger partial charge in [0.25, 0.3) is 0 Å². The lowest BCUT2D eigenvalue weighted by Gasteiger charge is -2.40. The predicted molar refractivity (Wildman–Crippen MR) is 150 cm³/mol. The van der Waals surface area contributed by atoms with Gasteiger partial charge in [-0.05, 0) is 67.3 Å². The molecule has 1 aliphatic carbocycles. The Hall–Kier alpha value is -3.20. The van der Waals surface area contributed by atoms with Crippen molar-refractivity contribution in [3.8, 4) is 0 Å². The highest BCUT2D eigenvalue weighted by Crippen LogP contribution is 2.45. The van der Waals surface area contributed by atoms with E-state index in [4.69, 9.17) is 21.3 Å². The number of nitrogens with zero attached hydrogens (tertiary/aromatic N) is 5. The average molecular weight is 535 g/mol. The van der Waals surface area contributed by atoms with Crippen LogP contribution in [-0.2, 0) is 11.8 Å². The molecule has 2 aromatic heterocycles. The maximum Gasteiger partial charge on any atom is 0.317 e. The number of hydrogen-bond acceptors (Lipinski definition) is 5. The molecule has 2 atom stereocenters. The van der Waals surface area contributed by atoms with Crippen LogP contribution in [0.3, 0.4) is 0 Å². The lowest BCUT2D eigenvalue weighted by molar-refractivity contribution is 0.115. The first kappa shape index (κ1) is 26.4. The van der Waals surface area contributed by atoms with Crippen LogP contribution in [0.5, 0.6) is 0 Å². The first-order valence-corrected chi connectivity index (χ1v) is 13.3. The Labute approximate surface area is 229 Å². The van der Waals surface area contributed by atoms with Crippen LogP contribution in [0, 0.1) is 0 Å². The Morgan fingerprint density at radius 1 is 1.18 bits per heavy atom. The van der Waals surface area contributed by atoms with Crippen LogP contribution >= 0.6 is 11.6 Å². The van der Waals surface area contributed by atoms with E-state index in [0.717, 1.165) is 46.7 Å². The summed E-state index contributed by atoms with van der Waals surface area (Å²) < 4.78 is 8.07. The smallest absolute Gasteiger partial charge is 0.317 e. The highest BCUT2D eigenvalue weighted by atomic mass is 35.5. The maximum atomic E-state index is 12.8. The van der Waals surface area contributed by atoms with Gasteiger partial charge in [0.15, 0.2) is 0 Å².